The van der Waals surface area contributed by atoms with Crippen molar-refractivity contribution in [3.8, 4) is 0 Å². The van der Waals surface area contributed by atoms with Crippen LogP contribution in [0.5, 0.6) is 0 Å². The summed E-state index contributed by atoms with van der Waals surface area (Å²) in [5.74, 6) is -1.63. The van der Waals surface area contributed by atoms with Gasteiger partial charge < -0.3 is 0 Å². The molecule has 0 aliphatic heterocycles. The minimum atomic E-state index is -4.30. The lowest BCUT2D eigenvalue weighted by Crippen LogP contribution is -2.36. The van der Waals surface area contributed by atoms with Crippen molar-refractivity contribution in [2.75, 3.05) is 20.1 Å². The second-order valence-electron chi connectivity index (χ2n) is 4.44. The predicted molar refractivity (Wildman–Crippen MR) is 61.2 cm³/mol. The third kappa shape index (κ3) is 5.34. The van der Waals surface area contributed by atoms with Crippen LogP contribution in [0.1, 0.15) is 17.4 Å². The molecule has 0 radical (unpaired) electrons. The number of rotatable bonds is 5. The first kappa shape index (κ1) is 15.6. The van der Waals surface area contributed by atoms with Crippen LogP contribution in [0, 0.1) is 11.7 Å². The van der Waals surface area contributed by atoms with E-state index in [0.717, 1.165) is 17.2 Å². The lowest BCUT2D eigenvalue weighted by atomic mass is 10.0. The lowest BCUT2D eigenvalue weighted by molar-refractivity contribution is -0.143. The summed E-state index contributed by atoms with van der Waals surface area (Å²) >= 11 is 0. The van der Waals surface area contributed by atoms with Crippen LogP contribution in [-0.2, 0) is 0 Å². The number of carbonyl (C=O) groups excluding carboxylic acids is 1. The average molecular weight is 278 g/mol. The molecule has 0 bridgehead atoms. The second kappa shape index (κ2) is 6.10. The minimum absolute atomic E-state index is 0.0442. The maximum atomic E-state index is 12.6. The molecule has 1 aromatic heterocycles. The Bertz CT molecular complexity index is 430. The molecule has 0 fully saturated rings. The fourth-order valence-electron chi connectivity index (χ4n) is 1.70. The Morgan fingerprint density at radius 3 is 2.53 bits per heavy atom. The lowest BCUT2D eigenvalue weighted by Gasteiger charge is -2.21. The average Bonchev–Trinajstić information content (AvgIpc) is 2.26. The molecule has 0 N–H and O–H groups in total. The molecule has 3 nitrogen and oxygen atoms in total. The number of ketones is 1. The third-order valence-corrected chi connectivity index (χ3v) is 2.46. The third-order valence-electron chi connectivity index (χ3n) is 2.46. The molecule has 19 heavy (non-hydrogen) atoms. The van der Waals surface area contributed by atoms with Gasteiger partial charge in [0.1, 0.15) is 11.5 Å². The van der Waals surface area contributed by atoms with Crippen LogP contribution in [0.4, 0.5) is 17.6 Å². The highest BCUT2D eigenvalue weighted by Crippen LogP contribution is 2.17. The number of aromatic nitrogens is 1. The zero-order chi connectivity index (χ0) is 14.6. The molecule has 1 rings (SSSR count). The van der Waals surface area contributed by atoms with Crippen LogP contribution in [0.2, 0.25) is 0 Å². The zero-order valence-corrected chi connectivity index (χ0v) is 10.5. The van der Waals surface area contributed by atoms with Crippen LogP contribution >= 0.6 is 0 Å². The first-order chi connectivity index (χ1) is 8.69. The molecule has 1 atom stereocenters. The predicted octanol–water partition coefficient (Wildman–Crippen LogP) is 2.53. The summed E-state index contributed by atoms with van der Waals surface area (Å²) in [6, 6.07) is 2.31. The molecular formula is C12H14F4N2O. The van der Waals surface area contributed by atoms with E-state index in [9.17, 15) is 22.4 Å². The van der Waals surface area contributed by atoms with Gasteiger partial charge in [-0.1, -0.05) is 6.92 Å². The molecular weight excluding hydrogens is 264 g/mol. The van der Waals surface area contributed by atoms with Crippen LogP contribution in [0.25, 0.3) is 0 Å². The summed E-state index contributed by atoms with van der Waals surface area (Å²) in [4.78, 5) is 16.5. The first-order valence-corrected chi connectivity index (χ1v) is 5.60. The van der Waals surface area contributed by atoms with Gasteiger partial charge in [-0.25, -0.2) is 4.39 Å². The van der Waals surface area contributed by atoms with E-state index in [2.05, 4.69) is 4.98 Å². The van der Waals surface area contributed by atoms with Crippen LogP contribution in [-0.4, -0.2) is 42.0 Å². The number of pyridine rings is 1. The highest BCUT2D eigenvalue weighted by Gasteiger charge is 2.30. The Morgan fingerprint density at radius 2 is 2.05 bits per heavy atom. The molecule has 0 amide bonds. The van der Waals surface area contributed by atoms with Crippen molar-refractivity contribution < 1.29 is 22.4 Å². The molecule has 0 aliphatic carbocycles. The fourth-order valence-corrected chi connectivity index (χ4v) is 1.70. The number of Topliss-reactive ketones (excluding diaryl/α,β-unsaturated/α-hetero) is 1. The number of alkyl halides is 3. The van der Waals surface area contributed by atoms with E-state index in [1.165, 1.54) is 20.0 Å². The number of carbonyl (C=O) groups is 1. The van der Waals surface area contributed by atoms with Gasteiger partial charge in [-0.05, 0) is 19.2 Å². The van der Waals surface area contributed by atoms with Gasteiger partial charge in [0, 0.05) is 12.5 Å². The van der Waals surface area contributed by atoms with Gasteiger partial charge in [0.2, 0.25) is 0 Å². The van der Waals surface area contributed by atoms with Crippen molar-refractivity contribution >= 4 is 5.78 Å². The van der Waals surface area contributed by atoms with Gasteiger partial charge in [0.25, 0.3) is 0 Å². The number of nitrogens with zero attached hydrogens (tertiary/aromatic N) is 2. The van der Waals surface area contributed by atoms with Crippen molar-refractivity contribution in [2.24, 2.45) is 5.92 Å². The maximum absolute atomic E-state index is 12.6. The van der Waals surface area contributed by atoms with E-state index in [1.807, 2.05) is 0 Å². The Hall–Kier alpha value is -1.50. The molecule has 1 unspecified atom stereocenters. The maximum Gasteiger partial charge on any atom is 0.401 e. The smallest absolute Gasteiger partial charge is 0.297 e. The Morgan fingerprint density at radius 1 is 1.42 bits per heavy atom. The standard InChI is InChI=1S/C12H14F4N2O/c1-8(6-18(2)7-12(14,15)16)11(19)10-4-3-9(13)5-17-10/h3-5,8H,6-7H2,1-2H3. The summed E-state index contributed by atoms with van der Waals surface area (Å²) in [7, 11) is 1.29. The normalized spacial score (nSPS) is 13.6. The highest BCUT2D eigenvalue weighted by molar-refractivity contribution is 5.95. The van der Waals surface area contributed by atoms with Crippen LogP contribution in [0.3, 0.4) is 0 Å². The van der Waals surface area contributed by atoms with Gasteiger partial charge in [0.15, 0.2) is 5.78 Å². The van der Waals surface area contributed by atoms with Crippen molar-refractivity contribution in [1.29, 1.82) is 0 Å². The second-order valence-corrected chi connectivity index (χ2v) is 4.44. The molecule has 1 heterocycles. The Kier molecular flexibility index (Phi) is 4.99. The van der Waals surface area contributed by atoms with E-state index >= 15 is 0 Å². The van der Waals surface area contributed by atoms with E-state index < -0.39 is 30.2 Å². The van der Waals surface area contributed by atoms with Crippen LogP contribution < -0.4 is 0 Å². The summed E-state index contributed by atoms with van der Waals surface area (Å²) in [6.45, 7) is 0.388. The summed E-state index contributed by atoms with van der Waals surface area (Å²) in [5, 5.41) is 0. The number of halogens is 4. The Balaban J connectivity index is 2.60. The summed E-state index contributed by atoms with van der Waals surface area (Å²) < 4.78 is 49.1. The largest absolute Gasteiger partial charge is 0.401 e. The summed E-state index contributed by atoms with van der Waals surface area (Å²) in [5.41, 5.74) is 0.0503. The van der Waals surface area contributed by atoms with E-state index in [1.54, 1.807) is 0 Å². The van der Waals surface area contributed by atoms with Crippen LogP contribution in [0.15, 0.2) is 18.3 Å². The van der Waals surface area contributed by atoms with Gasteiger partial charge in [0.05, 0.1) is 12.7 Å². The van der Waals surface area contributed by atoms with Gasteiger partial charge >= 0.3 is 6.18 Å². The molecule has 0 saturated carbocycles. The topological polar surface area (TPSA) is 33.2 Å². The van der Waals surface area contributed by atoms with Crippen molar-refractivity contribution in [3.63, 3.8) is 0 Å². The van der Waals surface area contributed by atoms with E-state index in [4.69, 9.17) is 0 Å². The van der Waals surface area contributed by atoms with E-state index in [0.29, 0.717) is 0 Å². The van der Waals surface area contributed by atoms with Crippen molar-refractivity contribution in [1.82, 2.24) is 9.88 Å². The molecule has 0 spiro atoms. The molecule has 1 aromatic rings. The monoisotopic (exact) mass is 278 g/mol. The van der Waals surface area contributed by atoms with Gasteiger partial charge in [-0.2, -0.15) is 13.2 Å². The summed E-state index contributed by atoms with van der Waals surface area (Å²) in [6.07, 6.45) is -3.40. The molecule has 106 valence electrons. The SMILES string of the molecule is CC(CN(C)CC(F)(F)F)C(=O)c1ccc(F)cn1. The molecule has 0 aliphatic rings. The Labute approximate surface area is 108 Å². The highest BCUT2D eigenvalue weighted by atomic mass is 19.4. The fraction of sp³-hybridized carbons (Fsp3) is 0.500. The zero-order valence-electron chi connectivity index (χ0n) is 10.5. The molecule has 7 heteroatoms. The van der Waals surface area contributed by atoms with Gasteiger partial charge in [-0.3, -0.25) is 14.7 Å². The van der Waals surface area contributed by atoms with Gasteiger partial charge in [-0.15, -0.1) is 0 Å². The van der Waals surface area contributed by atoms with Crippen molar-refractivity contribution in [3.05, 3.63) is 29.8 Å². The quantitative estimate of drug-likeness (QED) is 0.613. The molecule has 0 aromatic carbocycles. The minimum Gasteiger partial charge on any atom is -0.297 e. The first-order valence-electron chi connectivity index (χ1n) is 5.60. The van der Waals surface area contributed by atoms with Crippen molar-refractivity contribution in [2.45, 2.75) is 13.1 Å². The number of hydrogen-bond donors (Lipinski definition) is 0. The molecule has 0 saturated heterocycles. The number of hydrogen-bond acceptors (Lipinski definition) is 3. The van der Waals surface area contributed by atoms with E-state index in [-0.39, 0.29) is 12.2 Å².